The highest BCUT2D eigenvalue weighted by Gasteiger charge is 2.46. The minimum absolute atomic E-state index is 0.160. The maximum atomic E-state index is 12.9. The number of aromatic amines is 2. The summed E-state index contributed by atoms with van der Waals surface area (Å²) in [5, 5.41) is 19.6. The number of carboxylic acids is 2. The molecule has 0 saturated carbocycles. The number of aliphatic carboxylic acids is 2. The van der Waals surface area contributed by atoms with Gasteiger partial charge in [-0.25, -0.2) is 33.9 Å². The van der Waals surface area contributed by atoms with Crippen molar-refractivity contribution in [2.45, 2.75) is 50.3 Å². The number of nitrogens with two attached hydrogens (primary N) is 2. The quantitative estimate of drug-likeness (QED) is 0.0489. The molecule has 4 atom stereocenters. The third kappa shape index (κ3) is 19.4. The standard InChI is InChI=1S/C22H23NO7.C16H19ClN2.C11H17NO.2C7H8N4O2.C4H4O4.C2H8N2/c1-23-8-7-11-9-14-20(29-10-28-14)21(27-4)15(11)17(23)18-12-5-6-13(25-2)19(26-3)16(12)22(24)30-18;1-19(2)12-10-15(16-5-3-4-11-18-16)13-6-8-14(17)9-7-13;1-9(12-2)8-10-6-4-5-7-11(10)13-3;2*1-10-5-4(8-3-9-5)6(12)11(2)7(10)13;5-3(6)1-2-4(7)8;3-1-2-4/h5-6,9,17-18H,7-8,10H2,1-4H3;3-9,11,15H,10,12H2,1-2H3;4-7,9,12H,8H2,1-3H3;2*3H,1-2H3,(H,8,9);1-2H,(H,5,6)(H,7,8);1-4H2/b;;;;;2-1-;/t17-,18+;;;;;;/m1....../s1. The molecule has 536 valence electrons. The van der Waals surface area contributed by atoms with Crippen LogP contribution in [0.1, 0.15) is 75.3 Å². The number of cyclic esters (lactones) is 1. The van der Waals surface area contributed by atoms with E-state index in [1.807, 2.05) is 74.9 Å². The summed E-state index contributed by atoms with van der Waals surface area (Å²) in [5.41, 5.74) is 16.7. The molecule has 0 fully saturated rings. The first-order valence-corrected chi connectivity index (χ1v) is 31.7. The van der Waals surface area contributed by atoms with Crippen LogP contribution in [-0.4, -0.2) is 177 Å². The molecule has 0 radical (unpaired) electrons. The number of carbonyl (C=O) groups excluding carboxylic acids is 1. The number of aromatic nitrogens is 9. The van der Waals surface area contributed by atoms with Crippen LogP contribution < -0.4 is 67.7 Å². The topological polar surface area (TPSA) is 385 Å². The number of fused-ring (bicyclic) bond motifs is 5. The summed E-state index contributed by atoms with van der Waals surface area (Å²) in [6.07, 6.45) is 8.11. The SMILES string of the molecule is CN(C)CCC(c1ccc(Cl)cc1)c1ccccn1.CNC(C)Cc1ccccc1OC.COc1ccc2c(c1OC)C(=O)O[C@@H]2[C@H]1c2c(cc3c(c2OC)OCO3)CCN1C.Cn1c(=O)c2[nH]cnc2n(C)c1=O.Cn1c(=O)c2[nH]cnc2n(C)c1=O.NCCN.O=C(O)/C=C\C(=O)O. The zero-order chi connectivity index (χ0) is 73.5. The van der Waals surface area contributed by atoms with Gasteiger partial charge in [-0.3, -0.25) is 37.7 Å². The van der Waals surface area contributed by atoms with E-state index in [0.29, 0.717) is 93.8 Å². The molecule has 0 spiro atoms. The fourth-order valence-electron chi connectivity index (χ4n) is 10.8. The number of rotatable bonds is 16. The summed E-state index contributed by atoms with van der Waals surface area (Å²) in [4.78, 5) is 99.6. The van der Waals surface area contributed by atoms with Gasteiger partial charge in [-0.05, 0) is 120 Å². The van der Waals surface area contributed by atoms with E-state index in [-0.39, 0.29) is 35.3 Å². The highest BCUT2D eigenvalue weighted by molar-refractivity contribution is 6.30. The van der Waals surface area contributed by atoms with Gasteiger partial charge in [0.25, 0.3) is 11.1 Å². The molecule has 9 aromatic rings. The van der Waals surface area contributed by atoms with Crippen LogP contribution >= 0.6 is 11.6 Å². The Balaban J connectivity index is 0.000000197. The van der Waals surface area contributed by atoms with Gasteiger partial charge in [0.05, 0.1) is 47.1 Å². The first-order valence-electron chi connectivity index (χ1n) is 31.3. The van der Waals surface area contributed by atoms with Crippen molar-refractivity contribution >= 4 is 51.8 Å². The maximum Gasteiger partial charge on any atom is 0.343 e. The number of halogens is 1. The van der Waals surface area contributed by atoms with E-state index in [2.05, 4.69) is 85.3 Å². The number of benzene rings is 4. The Morgan fingerprint density at radius 3 is 1.82 bits per heavy atom. The molecule has 4 aromatic carbocycles. The number of nitrogens with zero attached hydrogens (tertiary/aromatic N) is 9. The molecule has 31 heteroatoms. The van der Waals surface area contributed by atoms with Gasteiger partial charge in [-0.2, -0.15) is 0 Å². The fourth-order valence-corrected chi connectivity index (χ4v) is 11.0. The maximum absolute atomic E-state index is 12.9. The summed E-state index contributed by atoms with van der Waals surface area (Å²) >= 11 is 5.97. The first kappa shape index (κ1) is 78.4. The van der Waals surface area contributed by atoms with Gasteiger partial charge < -0.3 is 75.0 Å². The molecule has 0 amide bonds. The number of esters is 1. The van der Waals surface area contributed by atoms with E-state index in [1.54, 1.807) is 41.5 Å². The van der Waals surface area contributed by atoms with E-state index in [1.165, 1.54) is 54.1 Å². The highest BCUT2D eigenvalue weighted by Crippen LogP contribution is 2.55. The predicted octanol–water partition coefficient (Wildman–Crippen LogP) is 5.08. The number of H-pyrrole nitrogens is 2. The first-order chi connectivity index (χ1) is 47.8. The molecule has 9 N–H and O–H groups in total. The Labute approximate surface area is 581 Å². The van der Waals surface area contributed by atoms with Crippen LogP contribution in [0, 0.1) is 0 Å². The fraction of sp³-hybridized carbons (Fsp3) is 0.362. The third-order valence-electron chi connectivity index (χ3n) is 16.0. The van der Waals surface area contributed by atoms with Crippen LogP contribution in [0.3, 0.4) is 0 Å². The van der Waals surface area contributed by atoms with E-state index >= 15 is 0 Å². The number of carbonyl (C=O) groups is 3. The number of pyridine rings is 1. The average Bonchev–Trinajstić information content (AvgIpc) is 1.50. The number of methoxy groups -OCH3 is 4. The van der Waals surface area contributed by atoms with Gasteiger partial charge in [0.1, 0.15) is 28.5 Å². The zero-order valence-electron chi connectivity index (χ0n) is 58.1. The van der Waals surface area contributed by atoms with Crippen molar-refractivity contribution in [3.8, 4) is 34.5 Å². The largest absolute Gasteiger partial charge is 0.496 e. The molecular formula is C69H87ClN14O16. The van der Waals surface area contributed by atoms with Crippen LogP contribution in [0.2, 0.25) is 5.02 Å². The van der Waals surface area contributed by atoms with E-state index in [4.69, 9.17) is 66.4 Å². The predicted molar refractivity (Wildman–Crippen MR) is 377 cm³/mol. The van der Waals surface area contributed by atoms with Crippen molar-refractivity contribution in [2.24, 2.45) is 39.7 Å². The summed E-state index contributed by atoms with van der Waals surface area (Å²) < 4.78 is 43.8. The lowest BCUT2D eigenvalue weighted by Gasteiger charge is -2.38. The number of imidazole rings is 2. The number of para-hydroxylation sites is 1. The zero-order valence-corrected chi connectivity index (χ0v) is 58.9. The van der Waals surface area contributed by atoms with Crippen LogP contribution in [0.5, 0.6) is 34.5 Å². The van der Waals surface area contributed by atoms with Crippen molar-refractivity contribution in [2.75, 3.05) is 89.6 Å². The Bertz CT molecular complexity index is 4390. The van der Waals surface area contributed by atoms with E-state index in [0.717, 1.165) is 74.6 Å². The van der Waals surface area contributed by atoms with Crippen molar-refractivity contribution in [3.05, 3.63) is 202 Å². The van der Waals surface area contributed by atoms with Gasteiger partial charge in [0.15, 0.2) is 34.3 Å². The molecule has 8 heterocycles. The number of ether oxygens (including phenoxy) is 7. The molecule has 3 aliphatic heterocycles. The van der Waals surface area contributed by atoms with Gasteiger partial charge >= 0.3 is 29.3 Å². The number of hydrogen-bond acceptors (Lipinski definition) is 22. The van der Waals surface area contributed by atoms with Gasteiger partial charge in [0, 0.05) is 100.0 Å². The molecule has 0 bridgehead atoms. The van der Waals surface area contributed by atoms with Crippen molar-refractivity contribution in [3.63, 3.8) is 0 Å². The Morgan fingerprint density at radius 1 is 0.740 bits per heavy atom. The smallest absolute Gasteiger partial charge is 0.343 e. The Morgan fingerprint density at radius 2 is 1.31 bits per heavy atom. The average molecular weight is 1400 g/mol. The molecule has 3 aliphatic rings. The Kier molecular flexibility index (Phi) is 29.3. The Hall–Kier alpha value is -10.6. The molecule has 12 rings (SSSR count). The molecular weight excluding hydrogens is 1320 g/mol. The summed E-state index contributed by atoms with van der Waals surface area (Å²) in [6, 6.07) is 28.2. The minimum atomic E-state index is -1.26. The second-order valence-corrected chi connectivity index (χ2v) is 23.3. The monoisotopic (exact) mass is 1400 g/mol. The van der Waals surface area contributed by atoms with E-state index in [9.17, 15) is 33.6 Å². The lowest BCUT2D eigenvalue weighted by molar-refractivity contribution is -0.134. The number of aryl methyl sites for hydroxylation is 2. The number of nitrogens with one attached hydrogen (secondary N) is 3. The third-order valence-corrected chi connectivity index (χ3v) is 16.3. The normalized spacial score (nSPS) is 14.4. The number of hydrogen-bond donors (Lipinski definition) is 7. The van der Waals surface area contributed by atoms with Crippen LogP contribution in [0.25, 0.3) is 22.3 Å². The second-order valence-electron chi connectivity index (χ2n) is 22.8. The molecule has 2 unspecified atom stereocenters. The molecule has 0 aliphatic carbocycles. The number of carboxylic acid groups (broad SMARTS) is 2. The van der Waals surface area contributed by atoms with Gasteiger partial charge in [-0.15, -0.1) is 0 Å². The van der Waals surface area contributed by atoms with Gasteiger partial charge in [0.2, 0.25) is 12.5 Å². The molecule has 100 heavy (non-hydrogen) atoms. The van der Waals surface area contributed by atoms with Crippen LogP contribution in [0.4, 0.5) is 0 Å². The van der Waals surface area contributed by atoms with Gasteiger partial charge in [-0.1, -0.05) is 54.1 Å². The van der Waals surface area contributed by atoms with Crippen molar-refractivity contribution in [1.82, 2.24) is 58.3 Å². The lowest BCUT2D eigenvalue weighted by Crippen LogP contribution is -2.36. The summed E-state index contributed by atoms with van der Waals surface area (Å²) in [6.45, 7) is 5.35. The molecule has 5 aromatic heterocycles. The van der Waals surface area contributed by atoms with E-state index < -0.39 is 24.0 Å². The van der Waals surface area contributed by atoms with Crippen molar-refractivity contribution in [1.29, 1.82) is 0 Å². The summed E-state index contributed by atoms with van der Waals surface area (Å²) in [5.74, 6) is 1.14. The van der Waals surface area contributed by atoms with Crippen molar-refractivity contribution < 1.29 is 57.8 Å². The molecule has 0 saturated heterocycles. The summed E-state index contributed by atoms with van der Waals surface area (Å²) in [7, 11) is 20.6. The lowest BCUT2D eigenvalue weighted by atomic mass is 9.85. The highest BCUT2D eigenvalue weighted by atomic mass is 35.5. The minimum Gasteiger partial charge on any atom is -0.496 e. The van der Waals surface area contributed by atoms with Crippen LogP contribution in [-0.2, 0) is 55.4 Å². The number of likely N-dealkylation sites (N-methyl/N-ethyl adjacent to an activating group) is 2. The molecule has 30 nitrogen and oxygen atoms in total. The van der Waals surface area contributed by atoms with Crippen LogP contribution in [0.15, 0.2) is 135 Å². The second kappa shape index (κ2) is 37.4.